The number of hydrogen-bond acceptors (Lipinski definition) is 5. The van der Waals surface area contributed by atoms with E-state index in [1.807, 2.05) is 54.7 Å². The highest BCUT2D eigenvalue weighted by atomic mass is 32.1. The number of aliphatic hydroxyl groups excluding tert-OH is 1. The summed E-state index contributed by atoms with van der Waals surface area (Å²) in [6.45, 7) is 1.07. The Morgan fingerprint density at radius 3 is 2.52 bits per heavy atom. The normalized spacial score (nSPS) is 17.6. The van der Waals surface area contributed by atoms with E-state index in [-0.39, 0.29) is 11.4 Å². The summed E-state index contributed by atoms with van der Waals surface area (Å²) < 4.78 is 0. The molecule has 0 fully saturated rings. The lowest BCUT2D eigenvalue weighted by Gasteiger charge is -2.27. The molecule has 1 amide bonds. The smallest absolute Gasteiger partial charge is 0.290 e. The Balaban J connectivity index is 2.04. The Morgan fingerprint density at radius 1 is 1.20 bits per heavy atom. The molecule has 130 valence electrons. The fraction of sp³-hybridized carbons (Fsp3) is 0.263. The number of hydrogen-bond donors (Lipinski definition) is 1. The van der Waals surface area contributed by atoms with Gasteiger partial charge in [0.2, 0.25) is 5.78 Å². The highest BCUT2D eigenvalue weighted by Gasteiger charge is 2.43. The second-order valence-corrected chi connectivity index (χ2v) is 7.13. The summed E-state index contributed by atoms with van der Waals surface area (Å²) in [6, 6.07) is 12.3. The van der Waals surface area contributed by atoms with Crippen molar-refractivity contribution in [1.29, 1.82) is 0 Å². The van der Waals surface area contributed by atoms with Gasteiger partial charge in [-0.15, -0.1) is 11.3 Å². The molecule has 0 saturated carbocycles. The van der Waals surface area contributed by atoms with Crippen LogP contribution in [0.3, 0.4) is 0 Å². The van der Waals surface area contributed by atoms with Gasteiger partial charge in [0.05, 0.1) is 16.5 Å². The summed E-state index contributed by atoms with van der Waals surface area (Å²) in [5.41, 5.74) is 0.982. The molecular weight excluding hydrogens is 336 g/mol. The first kappa shape index (κ1) is 17.4. The van der Waals surface area contributed by atoms with Crippen molar-refractivity contribution in [3.8, 4) is 0 Å². The SMILES string of the molecule is CN(C)CCN1C(=O)C(O)=C(C(=O)c2cccs2)[C@@H]1c1ccccc1. The number of nitrogens with zero attached hydrogens (tertiary/aromatic N) is 2. The number of rotatable bonds is 6. The zero-order valence-corrected chi connectivity index (χ0v) is 15.0. The van der Waals surface area contributed by atoms with Gasteiger partial charge in [-0.05, 0) is 31.1 Å². The molecule has 2 aromatic rings. The number of ketones is 1. The maximum Gasteiger partial charge on any atom is 0.290 e. The summed E-state index contributed by atoms with van der Waals surface area (Å²) in [5, 5.41) is 12.3. The second-order valence-electron chi connectivity index (χ2n) is 6.18. The summed E-state index contributed by atoms with van der Waals surface area (Å²) in [4.78, 5) is 29.6. The van der Waals surface area contributed by atoms with E-state index in [4.69, 9.17) is 0 Å². The number of carbonyl (C=O) groups is 2. The molecule has 1 atom stereocenters. The van der Waals surface area contributed by atoms with Crippen molar-refractivity contribution in [1.82, 2.24) is 9.80 Å². The maximum atomic E-state index is 12.9. The number of benzene rings is 1. The predicted octanol–water partition coefficient (Wildman–Crippen LogP) is 2.89. The molecule has 1 aromatic carbocycles. The summed E-state index contributed by atoms with van der Waals surface area (Å²) in [7, 11) is 3.84. The zero-order valence-electron chi connectivity index (χ0n) is 14.2. The predicted molar refractivity (Wildman–Crippen MR) is 97.8 cm³/mol. The van der Waals surface area contributed by atoms with Crippen molar-refractivity contribution in [3.63, 3.8) is 0 Å². The quantitative estimate of drug-likeness (QED) is 0.809. The van der Waals surface area contributed by atoms with E-state index in [1.54, 1.807) is 17.0 Å². The summed E-state index contributed by atoms with van der Waals surface area (Å²) in [6.07, 6.45) is 0. The van der Waals surface area contributed by atoms with Gasteiger partial charge in [-0.1, -0.05) is 36.4 Å². The molecule has 2 heterocycles. The molecule has 1 N–H and O–H groups in total. The molecule has 0 saturated heterocycles. The maximum absolute atomic E-state index is 12.9. The van der Waals surface area contributed by atoms with Crippen molar-refractivity contribution in [3.05, 3.63) is 69.6 Å². The molecule has 1 aliphatic rings. The fourth-order valence-corrected chi connectivity index (χ4v) is 3.62. The molecule has 0 spiro atoms. The van der Waals surface area contributed by atoms with Crippen LogP contribution in [0.5, 0.6) is 0 Å². The standard InChI is InChI=1S/C19H20N2O3S/c1-20(2)10-11-21-16(13-7-4-3-5-8-13)15(18(23)19(21)24)17(22)14-9-6-12-25-14/h3-9,12,16,23H,10-11H2,1-2H3/t16-/m0/s1. The Hall–Kier alpha value is -2.44. The van der Waals surface area contributed by atoms with Crippen LogP contribution >= 0.6 is 11.3 Å². The topological polar surface area (TPSA) is 60.9 Å². The minimum Gasteiger partial charge on any atom is -0.503 e. The van der Waals surface area contributed by atoms with Gasteiger partial charge < -0.3 is 14.9 Å². The van der Waals surface area contributed by atoms with Gasteiger partial charge in [0.1, 0.15) is 0 Å². The minimum atomic E-state index is -0.566. The van der Waals surface area contributed by atoms with Gasteiger partial charge in [0.15, 0.2) is 5.76 Å². The highest BCUT2D eigenvalue weighted by molar-refractivity contribution is 7.12. The minimum absolute atomic E-state index is 0.164. The van der Waals surface area contributed by atoms with Gasteiger partial charge in [-0.3, -0.25) is 9.59 Å². The average molecular weight is 356 g/mol. The Bertz CT molecular complexity index is 797. The van der Waals surface area contributed by atoms with Crippen molar-refractivity contribution in [2.24, 2.45) is 0 Å². The first-order valence-corrected chi connectivity index (χ1v) is 8.90. The van der Waals surface area contributed by atoms with Crippen molar-refractivity contribution in [2.45, 2.75) is 6.04 Å². The molecule has 3 rings (SSSR count). The van der Waals surface area contributed by atoms with Crippen LogP contribution < -0.4 is 0 Å². The molecule has 1 aromatic heterocycles. The molecule has 0 aliphatic carbocycles. The van der Waals surface area contributed by atoms with E-state index in [1.165, 1.54) is 11.3 Å². The monoisotopic (exact) mass is 356 g/mol. The molecule has 0 bridgehead atoms. The van der Waals surface area contributed by atoms with Gasteiger partial charge in [0, 0.05) is 13.1 Å². The molecule has 25 heavy (non-hydrogen) atoms. The number of thiophene rings is 1. The number of Topliss-reactive ketones (excluding diaryl/α,β-unsaturated/α-hetero) is 1. The molecule has 0 unspecified atom stereocenters. The Kier molecular flexibility index (Phi) is 5.01. The van der Waals surface area contributed by atoms with E-state index >= 15 is 0 Å². The van der Waals surface area contributed by atoms with Crippen molar-refractivity contribution < 1.29 is 14.7 Å². The number of amides is 1. The average Bonchev–Trinajstić information content (AvgIpc) is 3.22. The molecular formula is C19H20N2O3S. The van der Waals surface area contributed by atoms with Crippen molar-refractivity contribution in [2.75, 3.05) is 27.2 Å². The van der Waals surface area contributed by atoms with Gasteiger partial charge >= 0.3 is 0 Å². The van der Waals surface area contributed by atoms with E-state index in [0.29, 0.717) is 18.0 Å². The first-order chi connectivity index (χ1) is 12.0. The van der Waals surface area contributed by atoms with E-state index in [9.17, 15) is 14.7 Å². The van der Waals surface area contributed by atoms with E-state index in [2.05, 4.69) is 0 Å². The Labute approximate surface area is 150 Å². The van der Waals surface area contributed by atoms with Crippen molar-refractivity contribution >= 4 is 23.0 Å². The van der Waals surface area contributed by atoms with E-state index in [0.717, 1.165) is 5.56 Å². The third-order valence-electron chi connectivity index (χ3n) is 4.20. The highest BCUT2D eigenvalue weighted by Crippen LogP contribution is 2.39. The third kappa shape index (κ3) is 3.36. The lowest BCUT2D eigenvalue weighted by Crippen LogP contribution is -2.36. The van der Waals surface area contributed by atoms with Crippen LogP contribution in [0.25, 0.3) is 0 Å². The van der Waals surface area contributed by atoms with Crippen LogP contribution in [0.1, 0.15) is 21.3 Å². The zero-order chi connectivity index (χ0) is 18.0. The molecule has 5 nitrogen and oxygen atoms in total. The van der Waals surface area contributed by atoms with E-state index < -0.39 is 17.7 Å². The van der Waals surface area contributed by atoms with Crippen LogP contribution in [-0.2, 0) is 4.79 Å². The largest absolute Gasteiger partial charge is 0.503 e. The van der Waals surface area contributed by atoms with Gasteiger partial charge in [0.25, 0.3) is 5.91 Å². The summed E-state index contributed by atoms with van der Waals surface area (Å²) >= 11 is 1.30. The second kappa shape index (κ2) is 7.21. The fourth-order valence-electron chi connectivity index (χ4n) is 2.95. The number of aliphatic hydroxyl groups is 1. The van der Waals surface area contributed by atoms with Crippen LogP contribution in [0.2, 0.25) is 0 Å². The first-order valence-electron chi connectivity index (χ1n) is 8.02. The van der Waals surface area contributed by atoms with Crippen LogP contribution in [-0.4, -0.2) is 53.8 Å². The molecule has 6 heteroatoms. The van der Waals surface area contributed by atoms with Gasteiger partial charge in [-0.2, -0.15) is 0 Å². The van der Waals surface area contributed by atoms with Gasteiger partial charge in [-0.25, -0.2) is 0 Å². The summed E-state index contributed by atoms with van der Waals surface area (Å²) in [5.74, 6) is -1.22. The Morgan fingerprint density at radius 2 is 1.92 bits per heavy atom. The van der Waals surface area contributed by atoms with Crippen LogP contribution in [0.4, 0.5) is 0 Å². The lowest BCUT2D eigenvalue weighted by atomic mass is 9.95. The molecule has 1 aliphatic heterocycles. The lowest BCUT2D eigenvalue weighted by molar-refractivity contribution is -0.129. The number of carbonyl (C=O) groups excluding carboxylic acids is 2. The van der Waals surface area contributed by atoms with Crippen LogP contribution in [0, 0.1) is 0 Å². The number of likely N-dealkylation sites (N-methyl/N-ethyl adjacent to an activating group) is 1. The third-order valence-corrected chi connectivity index (χ3v) is 5.07. The van der Waals surface area contributed by atoms with Crippen LogP contribution in [0.15, 0.2) is 59.2 Å². The molecule has 0 radical (unpaired) electrons.